The van der Waals surface area contributed by atoms with Gasteiger partial charge in [-0.25, -0.2) is 0 Å². The van der Waals surface area contributed by atoms with E-state index in [4.69, 9.17) is 10.5 Å². The van der Waals surface area contributed by atoms with Crippen molar-refractivity contribution < 1.29 is 9.53 Å². The van der Waals surface area contributed by atoms with Crippen molar-refractivity contribution in [3.05, 3.63) is 35.9 Å². The lowest BCUT2D eigenvalue weighted by molar-refractivity contribution is -0.131. The summed E-state index contributed by atoms with van der Waals surface area (Å²) in [5.41, 5.74) is 6.41. The Balaban J connectivity index is 2.04. The van der Waals surface area contributed by atoms with E-state index < -0.39 is 5.41 Å². The van der Waals surface area contributed by atoms with Gasteiger partial charge in [0.15, 0.2) is 0 Å². The molecule has 0 bridgehead atoms. The number of hydrogen-bond donors (Lipinski definition) is 2. The smallest absolute Gasteiger partial charge is 0.230 e. The van der Waals surface area contributed by atoms with Crippen LogP contribution in [-0.4, -0.2) is 25.2 Å². The third-order valence-corrected chi connectivity index (χ3v) is 3.68. The van der Waals surface area contributed by atoms with Crippen LogP contribution in [0.2, 0.25) is 0 Å². The predicted molar refractivity (Wildman–Crippen MR) is 69.9 cm³/mol. The molecule has 1 saturated heterocycles. The maximum absolute atomic E-state index is 12.3. The zero-order valence-electron chi connectivity index (χ0n) is 10.8. The molecule has 1 amide bonds. The quantitative estimate of drug-likeness (QED) is 0.845. The third kappa shape index (κ3) is 2.40. The van der Waals surface area contributed by atoms with E-state index in [0.717, 1.165) is 5.56 Å². The highest BCUT2D eigenvalue weighted by Crippen LogP contribution is 2.28. The number of ether oxygens (including phenoxy) is 1. The van der Waals surface area contributed by atoms with Crippen LogP contribution in [0.5, 0.6) is 0 Å². The van der Waals surface area contributed by atoms with Gasteiger partial charge in [0.1, 0.15) is 0 Å². The summed E-state index contributed by atoms with van der Waals surface area (Å²) in [4.78, 5) is 12.3. The van der Waals surface area contributed by atoms with Gasteiger partial charge in [-0.3, -0.25) is 4.79 Å². The highest BCUT2D eigenvalue weighted by Gasteiger charge is 2.44. The molecule has 0 aliphatic carbocycles. The molecule has 1 aliphatic heterocycles. The first-order valence-corrected chi connectivity index (χ1v) is 6.23. The number of carbonyl (C=O) groups excluding carboxylic acids is 1. The van der Waals surface area contributed by atoms with Crippen molar-refractivity contribution in [3.63, 3.8) is 0 Å². The van der Waals surface area contributed by atoms with Crippen molar-refractivity contribution in [1.29, 1.82) is 0 Å². The average molecular weight is 248 g/mol. The molecule has 3 N–H and O–H groups in total. The molecule has 0 radical (unpaired) electrons. The Kier molecular flexibility index (Phi) is 3.68. The fourth-order valence-electron chi connectivity index (χ4n) is 2.11. The van der Waals surface area contributed by atoms with Gasteiger partial charge in [-0.05, 0) is 19.4 Å². The van der Waals surface area contributed by atoms with Crippen LogP contribution >= 0.6 is 0 Å². The molecule has 3 atom stereocenters. The summed E-state index contributed by atoms with van der Waals surface area (Å²) in [6.07, 6.45) is 0. The van der Waals surface area contributed by atoms with E-state index in [1.165, 1.54) is 0 Å². The molecule has 4 heteroatoms. The Morgan fingerprint density at radius 1 is 1.50 bits per heavy atom. The van der Waals surface area contributed by atoms with Crippen LogP contribution in [0.4, 0.5) is 0 Å². The van der Waals surface area contributed by atoms with Gasteiger partial charge < -0.3 is 15.8 Å². The minimum Gasteiger partial charge on any atom is -0.379 e. The van der Waals surface area contributed by atoms with Crippen molar-refractivity contribution in [3.8, 4) is 0 Å². The minimum atomic E-state index is -0.622. The van der Waals surface area contributed by atoms with Crippen LogP contribution in [0.15, 0.2) is 30.3 Å². The molecule has 98 valence electrons. The maximum atomic E-state index is 12.3. The molecule has 1 aliphatic rings. The SMILES string of the molecule is CC(NC(=O)C1(C)COCC1N)c1ccccc1. The van der Waals surface area contributed by atoms with Crippen molar-refractivity contribution in [2.75, 3.05) is 13.2 Å². The Hall–Kier alpha value is -1.39. The Morgan fingerprint density at radius 2 is 2.17 bits per heavy atom. The molecule has 3 unspecified atom stereocenters. The number of amides is 1. The van der Waals surface area contributed by atoms with Gasteiger partial charge in [0, 0.05) is 6.04 Å². The van der Waals surface area contributed by atoms with Crippen molar-refractivity contribution in [1.82, 2.24) is 5.32 Å². The molecule has 0 aromatic heterocycles. The summed E-state index contributed by atoms with van der Waals surface area (Å²) < 4.78 is 5.29. The van der Waals surface area contributed by atoms with Gasteiger partial charge >= 0.3 is 0 Å². The van der Waals surface area contributed by atoms with Gasteiger partial charge in [0.05, 0.1) is 24.7 Å². The molecule has 4 nitrogen and oxygen atoms in total. The van der Waals surface area contributed by atoms with Crippen LogP contribution in [0.3, 0.4) is 0 Å². The lowest BCUT2D eigenvalue weighted by Gasteiger charge is -2.27. The van der Waals surface area contributed by atoms with Gasteiger partial charge in [-0.1, -0.05) is 30.3 Å². The topological polar surface area (TPSA) is 64.3 Å². The summed E-state index contributed by atoms with van der Waals surface area (Å²) in [5.74, 6) is -0.0381. The van der Waals surface area contributed by atoms with Crippen LogP contribution in [0.1, 0.15) is 25.5 Å². The van der Waals surface area contributed by atoms with Gasteiger partial charge in [-0.2, -0.15) is 0 Å². The fourth-order valence-corrected chi connectivity index (χ4v) is 2.11. The fraction of sp³-hybridized carbons (Fsp3) is 0.500. The molecule has 2 rings (SSSR count). The van der Waals surface area contributed by atoms with Crippen LogP contribution in [0, 0.1) is 5.41 Å². The van der Waals surface area contributed by atoms with Gasteiger partial charge in [0.25, 0.3) is 0 Å². The first-order valence-electron chi connectivity index (χ1n) is 6.23. The maximum Gasteiger partial charge on any atom is 0.230 e. The van der Waals surface area contributed by atoms with Gasteiger partial charge in [-0.15, -0.1) is 0 Å². The molecular weight excluding hydrogens is 228 g/mol. The second-order valence-corrected chi connectivity index (χ2v) is 5.14. The molecule has 0 spiro atoms. The highest BCUT2D eigenvalue weighted by molar-refractivity contribution is 5.84. The number of nitrogens with two attached hydrogens (primary N) is 1. The largest absolute Gasteiger partial charge is 0.379 e. The van der Waals surface area contributed by atoms with Crippen molar-refractivity contribution in [2.45, 2.75) is 25.9 Å². The molecule has 1 aromatic rings. The second-order valence-electron chi connectivity index (χ2n) is 5.14. The highest BCUT2D eigenvalue weighted by atomic mass is 16.5. The number of nitrogens with one attached hydrogen (secondary N) is 1. The van der Waals surface area contributed by atoms with E-state index >= 15 is 0 Å². The number of hydrogen-bond acceptors (Lipinski definition) is 3. The van der Waals surface area contributed by atoms with E-state index in [-0.39, 0.29) is 18.0 Å². The first-order chi connectivity index (χ1) is 8.54. The second kappa shape index (κ2) is 5.08. The Bertz CT molecular complexity index is 421. The Morgan fingerprint density at radius 3 is 2.72 bits per heavy atom. The summed E-state index contributed by atoms with van der Waals surface area (Å²) in [5, 5.41) is 3.01. The molecule has 1 aromatic carbocycles. The van der Waals surface area contributed by atoms with E-state index in [0.29, 0.717) is 13.2 Å². The van der Waals surface area contributed by atoms with Gasteiger partial charge in [0.2, 0.25) is 5.91 Å². The molecular formula is C14H20N2O2. The van der Waals surface area contributed by atoms with Crippen molar-refractivity contribution >= 4 is 5.91 Å². The number of rotatable bonds is 3. The van der Waals surface area contributed by atoms with Crippen molar-refractivity contribution in [2.24, 2.45) is 11.1 Å². The summed E-state index contributed by atoms with van der Waals surface area (Å²) in [6, 6.07) is 9.62. The number of carbonyl (C=O) groups is 1. The summed E-state index contributed by atoms with van der Waals surface area (Å²) in [7, 11) is 0. The molecule has 1 fully saturated rings. The number of benzene rings is 1. The van der Waals surface area contributed by atoms with E-state index in [1.807, 2.05) is 44.2 Å². The molecule has 18 heavy (non-hydrogen) atoms. The molecule has 0 saturated carbocycles. The summed E-state index contributed by atoms with van der Waals surface area (Å²) >= 11 is 0. The lowest BCUT2D eigenvalue weighted by atomic mass is 9.84. The summed E-state index contributed by atoms with van der Waals surface area (Å²) in [6.45, 7) is 4.67. The third-order valence-electron chi connectivity index (χ3n) is 3.68. The Labute approximate surface area is 108 Å². The standard InChI is InChI=1S/C14H20N2O2/c1-10(11-6-4-3-5-7-11)16-13(17)14(2)9-18-8-12(14)15/h3-7,10,12H,8-9,15H2,1-2H3,(H,16,17). The zero-order valence-corrected chi connectivity index (χ0v) is 10.8. The minimum absolute atomic E-state index is 0.0247. The van der Waals surface area contributed by atoms with E-state index in [9.17, 15) is 4.79 Å². The normalized spacial score (nSPS) is 28.9. The first kappa shape index (κ1) is 13.1. The monoisotopic (exact) mass is 248 g/mol. The van der Waals surface area contributed by atoms with Crippen LogP contribution in [0.25, 0.3) is 0 Å². The van der Waals surface area contributed by atoms with E-state index in [2.05, 4.69) is 5.32 Å². The average Bonchev–Trinajstić information content (AvgIpc) is 2.72. The van der Waals surface area contributed by atoms with Crippen LogP contribution < -0.4 is 11.1 Å². The predicted octanol–water partition coefficient (Wildman–Crippen LogP) is 1.23. The molecule has 1 heterocycles. The van der Waals surface area contributed by atoms with Crippen LogP contribution in [-0.2, 0) is 9.53 Å². The lowest BCUT2D eigenvalue weighted by Crippen LogP contribution is -2.50. The van der Waals surface area contributed by atoms with E-state index in [1.54, 1.807) is 0 Å². The zero-order chi connectivity index (χ0) is 13.2.